The molecule has 8 heteroatoms. The van der Waals surface area contributed by atoms with Crippen LogP contribution in [0.3, 0.4) is 0 Å². The van der Waals surface area contributed by atoms with Gasteiger partial charge in [0.05, 0.1) is 12.0 Å². The largest absolute Gasteiger partial charge is 0.481 e. The summed E-state index contributed by atoms with van der Waals surface area (Å²) in [6.07, 6.45) is -0.434. The Hall–Kier alpha value is -1.83. The van der Waals surface area contributed by atoms with Gasteiger partial charge in [-0.2, -0.15) is 0 Å². The molecule has 0 aliphatic carbocycles. The average molecular weight is 278 g/mol. The summed E-state index contributed by atoms with van der Waals surface area (Å²) in [6.45, 7) is 0.243. The summed E-state index contributed by atoms with van der Waals surface area (Å²) < 4.78 is 53.0. The van der Waals surface area contributed by atoms with Gasteiger partial charge in [0.25, 0.3) is 0 Å². The number of anilines is 1. The Kier molecular flexibility index (Phi) is 3.36. The van der Waals surface area contributed by atoms with Gasteiger partial charge in [0.15, 0.2) is 23.3 Å². The number of carbonyl (C=O) groups is 1. The van der Waals surface area contributed by atoms with Crippen molar-refractivity contribution in [3.8, 4) is 0 Å². The second-order valence-corrected chi connectivity index (χ2v) is 4.42. The zero-order valence-electron chi connectivity index (χ0n) is 9.57. The lowest BCUT2D eigenvalue weighted by Crippen LogP contribution is -2.65. The molecular weight excluding hydrogens is 268 g/mol. The lowest BCUT2D eigenvalue weighted by molar-refractivity contribution is -0.138. The highest BCUT2D eigenvalue weighted by Gasteiger charge is 2.40. The number of rotatable bonds is 4. The van der Waals surface area contributed by atoms with Crippen molar-refractivity contribution in [2.75, 3.05) is 18.4 Å². The van der Waals surface area contributed by atoms with Crippen LogP contribution in [0.25, 0.3) is 0 Å². The molecule has 104 valence electrons. The van der Waals surface area contributed by atoms with Crippen molar-refractivity contribution in [1.82, 2.24) is 5.32 Å². The topological polar surface area (TPSA) is 61.4 Å². The molecule has 0 unspecified atom stereocenters. The van der Waals surface area contributed by atoms with Crippen molar-refractivity contribution in [2.24, 2.45) is 0 Å². The molecule has 1 heterocycles. The summed E-state index contributed by atoms with van der Waals surface area (Å²) in [5.41, 5.74) is -2.14. The maximum Gasteiger partial charge on any atom is 0.305 e. The molecule has 3 N–H and O–H groups in total. The molecule has 0 bridgehead atoms. The van der Waals surface area contributed by atoms with Gasteiger partial charge in [-0.05, 0) is 0 Å². The van der Waals surface area contributed by atoms with E-state index < -0.39 is 46.9 Å². The molecule has 1 fully saturated rings. The standard InChI is InChI=1S/C11H10F4N2O2/c12-5-1-6(13)9(15)10(8(5)14)17-11(2-7(18)19)3-16-4-11/h1,16-17H,2-4H2,(H,18,19). The van der Waals surface area contributed by atoms with Gasteiger partial charge in [0.1, 0.15) is 5.69 Å². The minimum atomic E-state index is -1.57. The highest BCUT2D eigenvalue weighted by atomic mass is 19.2. The summed E-state index contributed by atoms with van der Waals surface area (Å²) in [6, 6.07) is 0.0960. The highest BCUT2D eigenvalue weighted by Crippen LogP contribution is 2.29. The first-order chi connectivity index (χ1) is 8.84. The summed E-state index contributed by atoms with van der Waals surface area (Å²) in [7, 11) is 0. The van der Waals surface area contributed by atoms with Crippen molar-refractivity contribution >= 4 is 11.7 Å². The molecule has 0 radical (unpaired) electrons. The van der Waals surface area contributed by atoms with E-state index in [0.29, 0.717) is 0 Å². The normalized spacial score (nSPS) is 16.8. The fraction of sp³-hybridized carbons (Fsp3) is 0.364. The van der Waals surface area contributed by atoms with Crippen molar-refractivity contribution in [2.45, 2.75) is 12.0 Å². The first kappa shape index (κ1) is 13.6. The molecule has 0 spiro atoms. The summed E-state index contributed by atoms with van der Waals surface area (Å²) in [5.74, 6) is -7.42. The van der Waals surface area contributed by atoms with Gasteiger partial charge in [-0.25, -0.2) is 17.6 Å². The van der Waals surface area contributed by atoms with Gasteiger partial charge in [0, 0.05) is 19.2 Å². The quantitative estimate of drug-likeness (QED) is 0.576. The molecule has 1 aromatic carbocycles. The van der Waals surface area contributed by atoms with E-state index in [1.807, 2.05) is 0 Å². The SMILES string of the molecule is O=C(O)CC1(Nc2c(F)c(F)cc(F)c2F)CNC1. The van der Waals surface area contributed by atoms with Crippen LogP contribution >= 0.6 is 0 Å². The van der Waals surface area contributed by atoms with E-state index in [9.17, 15) is 22.4 Å². The van der Waals surface area contributed by atoms with Crippen molar-refractivity contribution in [3.05, 3.63) is 29.3 Å². The van der Waals surface area contributed by atoms with E-state index >= 15 is 0 Å². The average Bonchev–Trinajstić information content (AvgIpc) is 2.28. The number of carboxylic acids is 1. The van der Waals surface area contributed by atoms with E-state index in [-0.39, 0.29) is 19.2 Å². The number of benzene rings is 1. The van der Waals surface area contributed by atoms with Gasteiger partial charge in [0.2, 0.25) is 0 Å². The summed E-state index contributed by atoms with van der Waals surface area (Å²) in [5, 5.41) is 13.7. The van der Waals surface area contributed by atoms with Crippen LogP contribution in [-0.2, 0) is 4.79 Å². The van der Waals surface area contributed by atoms with Gasteiger partial charge in [-0.3, -0.25) is 4.79 Å². The Labute approximate surface area is 105 Å². The number of nitrogens with one attached hydrogen (secondary N) is 2. The van der Waals surface area contributed by atoms with Gasteiger partial charge >= 0.3 is 5.97 Å². The fourth-order valence-electron chi connectivity index (χ4n) is 1.92. The van der Waals surface area contributed by atoms with Gasteiger partial charge < -0.3 is 15.7 Å². The van der Waals surface area contributed by atoms with Crippen LogP contribution < -0.4 is 10.6 Å². The van der Waals surface area contributed by atoms with Crippen molar-refractivity contribution in [3.63, 3.8) is 0 Å². The summed E-state index contributed by atoms with van der Waals surface area (Å²) >= 11 is 0. The minimum absolute atomic E-state index is 0.0960. The van der Waals surface area contributed by atoms with Crippen LogP contribution in [0.1, 0.15) is 6.42 Å². The Morgan fingerprint density at radius 1 is 1.26 bits per heavy atom. The first-order valence-corrected chi connectivity index (χ1v) is 5.38. The predicted molar refractivity (Wildman–Crippen MR) is 57.8 cm³/mol. The predicted octanol–water partition coefficient (Wildman–Crippen LogP) is 1.47. The van der Waals surface area contributed by atoms with Gasteiger partial charge in [-0.1, -0.05) is 0 Å². The van der Waals surface area contributed by atoms with Crippen LogP contribution in [0.15, 0.2) is 6.07 Å². The second kappa shape index (κ2) is 4.69. The molecule has 2 rings (SSSR count). The van der Waals surface area contributed by atoms with E-state index in [4.69, 9.17) is 5.11 Å². The third-order valence-corrected chi connectivity index (χ3v) is 2.92. The van der Waals surface area contributed by atoms with E-state index in [1.165, 1.54) is 0 Å². The maximum absolute atomic E-state index is 13.5. The third kappa shape index (κ3) is 2.48. The first-order valence-electron chi connectivity index (χ1n) is 5.38. The highest BCUT2D eigenvalue weighted by molar-refractivity contribution is 5.70. The molecule has 0 saturated carbocycles. The van der Waals surface area contributed by atoms with Crippen LogP contribution in [0.5, 0.6) is 0 Å². The fourth-order valence-corrected chi connectivity index (χ4v) is 1.92. The Balaban J connectivity index is 2.35. The lowest BCUT2D eigenvalue weighted by atomic mass is 9.88. The Bertz CT molecular complexity index is 506. The zero-order chi connectivity index (χ0) is 14.2. The number of aliphatic carboxylic acids is 1. The molecule has 1 aliphatic rings. The van der Waals surface area contributed by atoms with E-state index in [1.54, 1.807) is 0 Å². The van der Waals surface area contributed by atoms with Crippen molar-refractivity contribution in [1.29, 1.82) is 0 Å². The number of halogens is 4. The van der Waals surface area contributed by atoms with Crippen LogP contribution in [0.4, 0.5) is 23.2 Å². The molecular formula is C11H10F4N2O2. The molecule has 0 atom stereocenters. The Morgan fingerprint density at radius 3 is 2.16 bits per heavy atom. The lowest BCUT2D eigenvalue weighted by Gasteiger charge is -2.43. The third-order valence-electron chi connectivity index (χ3n) is 2.92. The number of hydrogen-bond acceptors (Lipinski definition) is 3. The molecule has 1 aromatic rings. The zero-order valence-corrected chi connectivity index (χ0v) is 9.57. The molecule has 0 amide bonds. The van der Waals surface area contributed by atoms with Gasteiger partial charge in [-0.15, -0.1) is 0 Å². The molecule has 4 nitrogen and oxygen atoms in total. The molecule has 1 saturated heterocycles. The maximum atomic E-state index is 13.5. The van der Waals surface area contributed by atoms with Crippen LogP contribution in [0, 0.1) is 23.3 Å². The number of carboxylic acid groups (broad SMARTS) is 1. The molecule has 1 aliphatic heterocycles. The van der Waals surface area contributed by atoms with E-state index in [2.05, 4.69) is 10.6 Å². The van der Waals surface area contributed by atoms with Crippen LogP contribution in [-0.4, -0.2) is 29.7 Å². The Morgan fingerprint density at radius 2 is 1.79 bits per heavy atom. The molecule has 19 heavy (non-hydrogen) atoms. The smallest absolute Gasteiger partial charge is 0.305 e. The van der Waals surface area contributed by atoms with Crippen LogP contribution in [0.2, 0.25) is 0 Å². The molecule has 0 aromatic heterocycles. The van der Waals surface area contributed by atoms with E-state index in [0.717, 1.165) is 0 Å². The van der Waals surface area contributed by atoms with Crippen molar-refractivity contribution < 1.29 is 27.5 Å². The number of hydrogen-bond donors (Lipinski definition) is 3. The monoisotopic (exact) mass is 278 g/mol. The summed E-state index contributed by atoms with van der Waals surface area (Å²) in [4.78, 5) is 10.7. The minimum Gasteiger partial charge on any atom is -0.481 e. The second-order valence-electron chi connectivity index (χ2n) is 4.42.